The molecule has 2 N–H and O–H groups in total. The van der Waals surface area contributed by atoms with Crippen LogP contribution in [0.15, 0.2) is 54.7 Å². The third kappa shape index (κ3) is 5.94. The smallest absolute Gasteiger partial charge is 0.240 e. The summed E-state index contributed by atoms with van der Waals surface area (Å²) in [6.45, 7) is 9.25. The van der Waals surface area contributed by atoms with Gasteiger partial charge in [0.2, 0.25) is 5.95 Å². The Morgan fingerprint density at radius 2 is 1.63 bits per heavy atom. The molecule has 0 bridgehead atoms. The molecule has 41 heavy (non-hydrogen) atoms. The van der Waals surface area contributed by atoms with Crippen LogP contribution in [-0.2, 0) is 11.3 Å². The molecule has 0 spiro atoms. The van der Waals surface area contributed by atoms with Gasteiger partial charge in [-0.3, -0.25) is 10.3 Å². The molecule has 9 nitrogen and oxygen atoms in total. The van der Waals surface area contributed by atoms with Crippen molar-refractivity contribution in [2.75, 3.05) is 25.1 Å². The molecule has 2 saturated heterocycles. The van der Waals surface area contributed by atoms with Crippen molar-refractivity contribution in [2.45, 2.75) is 64.4 Å². The summed E-state index contributed by atoms with van der Waals surface area (Å²) in [7, 11) is 0. The molecule has 0 amide bonds. The standard InChI is InChI=1S/C30H36F2N8O/c1-19-17-40(37-36-30-33-15-27-29(35-30)39(21(3)34-27)18-26-5-4-14-41-26)20(2)16-38(19)28(22-6-10-24(31)11-7-22)23-8-12-25(32)13-9-23/h6-13,15,19-20,26,28,37H,4-5,14,16-18H2,1-3H3,(H,33,35,36)/t19-,20+,26+/m1/s1. The second-order valence-electron chi connectivity index (χ2n) is 11.1. The first kappa shape index (κ1) is 27.6. The Labute approximate surface area is 238 Å². The van der Waals surface area contributed by atoms with Gasteiger partial charge in [-0.1, -0.05) is 24.3 Å². The summed E-state index contributed by atoms with van der Waals surface area (Å²) in [6.07, 6.45) is 4.05. The Balaban J connectivity index is 1.16. The highest BCUT2D eigenvalue weighted by atomic mass is 19.1. The Morgan fingerprint density at radius 3 is 2.27 bits per heavy atom. The van der Waals surface area contributed by atoms with E-state index in [0.29, 0.717) is 12.5 Å². The van der Waals surface area contributed by atoms with Gasteiger partial charge in [-0.25, -0.2) is 23.8 Å². The summed E-state index contributed by atoms with van der Waals surface area (Å²) in [5.74, 6) is 0.798. The van der Waals surface area contributed by atoms with E-state index in [1.54, 1.807) is 6.20 Å². The lowest BCUT2D eigenvalue weighted by atomic mass is 9.94. The first-order chi connectivity index (χ1) is 19.9. The highest BCUT2D eigenvalue weighted by Gasteiger charge is 2.35. The Hall–Kier alpha value is -3.51. The van der Waals surface area contributed by atoms with Crippen LogP contribution in [0.1, 0.15) is 49.7 Å². The maximum absolute atomic E-state index is 13.8. The van der Waals surface area contributed by atoms with Crippen molar-refractivity contribution in [1.82, 2.24) is 35.0 Å². The molecule has 4 heterocycles. The molecule has 0 saturated carbocycles. The first-order valence-electron chi connectivity index (χ1n) is 14.2. The lowest BCUT2D eigenvalue weighted by Gasteiger charge is -2.47. The van der Waals surface area contributed by atoms with E-state index in [9.17, 15) is 8.78 Å². The number of piperazine rings is 1. The second-order valence-corrected chi connectivity index (χ2v) is 11.1. The van der Waals surface area contributed by atoms with Crippen molar-refractivity contribution in [3.05, 3.63) is 83.3 Å². The predicted octanol–water partition coefficient (Wildman–Crippen LogP) is 4.61. The van der Waals surface area contributed by atoms with E-state index in [-0.39, 0.29) is 35.9 Å². The summed E-state index contributed by atoms with van der Waals surface area (Å²) in [5, 5.41) is 2.13. The van der Waals surface area contributed by atoms with Crippen molar-refractivity contribution in [3.63, 3.8) is 0 Å². The third-order valence-corrected chi connectivity index (χ3v) is 8.14. The van der Waals surface area contributed by atoms with Crippen LogP contribution in [0, 0.1) is 18.6 Å². The number of imidazole rings is 1. The predicted molar refractivity (Wildman–Crippen MR) is 153 cm³/mol. The highest BCUT2D eigenvalue weighted by Crippen LogP contribution is 2.33. The summed E-state index contributed by atoms with van der Waals surface area (Å²) in [5.41, 5.74) is 9.97. The molecular formula is C30H36F2N8O. The summed E-state index contributed by atoms with van der Waals surface area (Å²) in [6, 6.07) is 13.3. The molecule has 2 aromatic carbocycles. The number of aromatic nitrogens is 4. The van der Waals surface area contributed by atoms with Gasteiger partial charge in [-0.05, 0) is 69.0 Å². The fraction of sp³-hybridized carbons (Fsp3) is 0.433. The van der Waals surface area contributed by atoms with Crippen LogP contribution in [0.5, 0.6) is 0 Å². The Morgan fingerprint density at radius 1 is 0.951 bits per heavy atom. The normalized spacial score (nSPS) is 22.1. The number of hydrogen-bond acceptors (Lipinski definition) is 8. The van der Waals surface area contributed by atoms with Crippen LogP contribution in [0.3, 0.4) is 0 Å². The molecular weight excluding hydrogens is 526 g/mol. The molecule has 2 aliphatic rings. The van der Waals surface area contributed by atoms with Gasteiger partial charge in [0.25, 0.3) is 0 Å². The van der Waals surface area contributed by atoms with Gasteiger partial charge in [0.15, 0.2) is 5.65 Å². The van der Waals surface area contributed by atoms with Crippen molar-refractivity contribution < 1.29 is 13.5 Å². The van der Waals surface area contributed by atoms with Gasteiger partial charge >= 0.3 is 0 Å². The van der Waals surface area contributed by atoms with Gasteiger partial charge < -0.3 is 9.30 Å². The fourth-order valence-electron chi connectivity index (χ4n) is 5.96. The van der Waals surface area contributed by atoms with Crippen LogP contribution in [0.2, 0.25) is 0 Å². The van der Waals surface area contributed by atoms with Gasteiger partial charge in [0.1, 0.15) is 23.0 Å². The monoisotopic (exact) mass is 562 g/mol. The average molecular weight is 563 g/mol. The maximum atomic E-state index is 13.8. The lowest BCUT2D eigenvalue weighted by Crippen LogP contribution is -2.62. The molecule has 0 unspecified atom stereocenters. The molecule has 0 radical (unpaired) electrons. The highest BCUT2D eigenvalue weighted by molar-refractivity contribution is 5.71. The van der Waals surface area contributed by atoms with E-state index in [4.69, 9.17) is 9.72 Å². The van der Waals surface area contributed by atoms with Crippen LogP contribution >= 0.6 is 0 Å². The number of fused-ring (bicyclic) bond motifs is 1. The van der Waals surface area contributed by atoms with Gasteiger partial charge in [0, 0.05) is 31.8 Å². The third-order valence-electron chi connectivity index (χ3n) is 8.14. The minimum Gasteiger partial charge on any atom is -0.376 e. The molecule has 11 heteroatoms. The zero-order chi connectivity index (χ0) is 28.5. The van der Waals surface area contributed by atoms with Crippen LogP contribution in [-0.4, -0.2) is 67.3 Å². The molecule has 2 aliphatic heterocycles. The van der Waals surface area contributed by atoms with Gasteiger partial charge in [-0.15, -0.1) is 0 Å². The van der Waals surface area contributed by atoms with Crippen LogP contribution in [0.25, 0.3) is 11.2 Å². The number of nitrogens with zero attached hydrogens (tertiary/aromatic N) is 6. The van der Waals surface area contributed by atoms with E-state index in [1.165, 1.54) is 24.3 Å². The van der Waals surface area contributed by atoms with E-state index in [0.717, 1.165) is 60.7 Å². The number of nitrogens with one attached hydrogen (secondary N) is 2. The Bertz CT molecular complexity index is 1430. The van der Waals surface area contributed by atoms with E-state index < -0.39 is 0 Å². The number of ether oxygens (including phenoxy) is 1. The quantitative estimate of drug-likeness (QED) is 0.302. The van der Waals surface area contributed by atoms with Crippen LogP contribution in [0.4, 0.5) is 14.7 Å². The van der Waals surface area contributed by atoms with Crippen molar-refractivity contribution in [1.29, 1.82) is 0 Å². The fourth-order valence-corrected chi connectivity index (χ4v) is 5.96. The van der Waals surface area contributed by atoms with Crippen molar-refractivity contribution >= 4 is 17.1 Å². The number of benzene rings is 2. The van der Waals surface area contributed by atoms with Gasteiger partial charge in [-0.2, -0.15) is 10.5 Å². The van der Waals surface area contributed by atoms with E-state index >= 15 is 0 Å². The first-order valence-corrected chi connectivity index (χ1v) is 14.2. The average Bonchev–Trinajstić information content (AvgIpc) is 3.59. The largest absolute Gasteiger partial charge is 0.376 e. The minimum absolute atomic E-state index is 0.109. The number of hydrazine groups is 2. The van der Waals surface area contributed by atoms with E-state index in [1.807, 2.05) is 31.2 Å². The lowest BCUT2D eigenvalue weighted by molar-refractivity contribution is -0.000831. The maximum Gasteiger partial charge on any atom is 0.240 e. The molecule has 216 valence electrons. The molecule has 3 atom stereocenters. The number of rotatable bonds is 8. The van der Waals surface area contributed by atoms with Crippen molar-refractivity contribution in [2.24, 2.45) is 0 Å². The zero-order valence-corrected chi connectivity index (χ0v) is 23.6. The number of aryl methyl sites for hydroxylation is 1. The Kier molecular flexibility index (Phi) is 7.94. The molecule has 4 aromatic rings. The second kappa shape index (κ2) is 11.8. The SMILES string of the molecule is Cc1nc2cnc(NNN3C[C@@H](C)N(C(c4ccc(F)cc4)c4ccc(F)cc4)C[C@@H]3C)nc2n1C[C@@H]1CCCO1. The topological polar surface area (TPSA) is 83.4 Å². The summed E-state index contributed by atoms with van der Waals surface area (Å²) >= 11 is 0. The van der Waals surface area contributed by atoms with Crippen molar-refractivity contribution in [3.8, 4) is 0 Å². The van der Waals surface area contributed by atoms with Crippen LogP contribution < -0.4 is 11.0 Å². The summed E-state index contributed by atoms with van der Waals surface area (Å²) in [4.78, 5) is 16.2. The molecule has 2 aromatic heterocycles. The summed E-state index contributed by atoms with van der Waals surface area (Å²) < 4.78 is 35.5. The van der Waals surface area contributed by atoms with Gasteiger partial charge in [0.05, 0.1) is 24.9 Å². The number of anilines is 1. The minimum atomic E-state index is -0.279. The molecule has 2 fully saturated rings. The van der Waals surface area contributed by atoms with E-state index in [2.05, 4.69) is 49.3 Å². The zero-order valence-electron chi connectivity index (χ0n) is 23.6. The molecule has 0 aliphatic carbocycles. The number of halogens is 2. The number of hydrogen-bond donors (Lipinski definition) is 2. The molecule has 6 rings (SSSR count).